The molecule has 2 heterocycles. The fraction of sp³-hybridized carbons (Fsp3) is 0.333. The number of hydrogen-bond acceptors (Lipinski definition) is 5. The molecule has 0 aromatic heterocycles. The van der Waals surface area contributed by atoms with Crippen molar-refractivity contribution < 1.29 is 14.3 Å². The number of carbonyl (C=O) groups is 1. The molecule has 2 aliphatic heterocycles. The van der Waals surface area contributed by atoms with Gasteiger partial charge in [-0.25, -0.2) is 9.89 Å². The summed E-state index contributed by atoms with van der Waals surface area (Å²) in [5.74, 6) is 0.316. The highest BCUT2D eigenvalue weighted by atomic mass is 79.9. The first-order valence-corrected chi connectivity index (χ1v) is 10.8. The zero-order valence-corrected chi connectivity index (χ0v) is 19.7. The number of carbonyl (C=O) groups excluding carboxylic acids is 1. The third kappa shape index (κ3) is 3.52. The highest BCUT2D eigenvalue weighted by Crippen LogP contribution is 2.42. The number of fused-ring (bicyclic) bond motifs is 1. The van der Waals surface area contributed by atoms with Crippen LogP contribution in [0.2, 0.25) is 10.0 Å². The lowest BCUT2D eigenvalue weighted by atomic mass is 9.91. The summed E-state index contributed by atoms with van der Waals surface area (Å²) in [7, 11) is 3.15. The Morgan fingerprint density at radius 1 is 1.10 bits per heavy atom. The summed E-state index contributed by atoms with van der Waals surface area (Å²) >= 11 is 15.9. The number of ether oxygens (including phenoxy) is 2. The normalized spacial score (nSPS) is 25.7. The first-order chi connectivity index (χ1) is 14.3. The molecular formula is C21H20BrCl2N3O3. The molecule has 3 unspecified atom stereocenters. The van der Waals surface area contributed by atoms with E-state index in [0.29, 0.717) is 28.1 Å². The van der Waals surface area contributed by atoms with Crippen LogP contribution in [0.15, 0.2) is 51.9 Å². The van der Waals surface area contributed by atoms with Gasteiger partial charge in [-0.2, -0.15) is 0 Å². The van der Waals surface area contributed by atoms with Gasteiger partial charge in [-0.05, 0) is 42.8 Å². The van der Waals surface area contributed by atoms with Crippen molar-refractivity contribution in [2.45, 2.75) is 31.3 Å². The van der Waals surface area contributed by atoms with Gasteiger partial charge in [-0.15, -0.1) is 0 Å². The Labute approximate surface area is 193 Å². The van der Waals surface area contributed by atoms with Gasteiger partial charge in [-0.3, -0.25) is 9.69 Å². The van der Waals surface area contributed by atoms with Crippen molar-refractivity contribution >= 4 is 56.7 Å². The molecule has 1 fully saturated rings. The number of halogens is 3. The zero-order valence-electron chi connectivity index (χ0n) is 16.6. The molecule has 9 heteroatoms. The molecule has 0 radical (unpaired) electrons. The van der Waals surface area contributed by atoms with E-state index in [9.17, 15) is 4.79 Å². The quantitative estimate of drug-likeness (QED) is 0.581. The largest absolute Gasteiger partial charge is 0.357 e. The number of hydrogen-bond donors (Lipinski definition) is 0. The molecule has 4 rings (SSSR count). The molecule has 2 aromatic rings. The van der Waals surface area contributed by atoms with Gasteiger partial charge in [0.1, 0.15) is 5.54 Å². The van der Waals surface area contributed by atoms with Crippen molar-refractivity contribution in [3.63, 3.8) is 0 Å². The Hall–Kier alpha value is -1.64. The highest BCUT2D eigenvalue weighted by Gasteiger charge is 2.60. The van der Waals surface area contributed by atoms with Crippen LogP contribution >= 0.6 is 39.1 Å². The Kier molecular flexibility index (Phi) is 5.85. The van der Waals surface area contributed by atoms with Gasteiger partial charge >= 0.3 is 0 Å². The summed E-state index contributed by atoms with van der Waals surface area (Å²) in [4.78, 5) is 21.9. The second-order valence-corrected chi connectivity index (χ2v) is 9.19. The molecule has 2 aliphatic rings. The molecular weight excluding hydrogens is 493 g/mol. The van der Waals surface area contributed by atoms with Crippen molar-refractivity contribution in [2.75, 3.05) is 19.1 Å². The number of guanidine groups is 1. The summed E-state index contributed by atoms with van der Waals surface area (Å²) in [6.07, 6.45) is -0.660. The number of amides is 1. The fourth-order valence-corrected chi connectivity index (χ4v) is 4.81. The fourth-order valence-electron chi connectivity index (χ4n) is 4.04. The molecule has 2 aromatic carbocycles. The van der Waals surface area contributed by atoms with E-state index in [0.717, 1.165) is 10.0 Å². The molecule has 1 amide bonds. The van der Waals surface area contributed by atoms with Crippen LogP contribution in [0.1, 0.15) is 12.5 Å². The smallest absolute Gasteiger partial charge is 0.260 e. The highest BCUT2D eigenvalue weighted by molar-refractivity contribution is 9.10. The molecule has 0 N–H and O–H groups in total. The minimum Gasteiger partial charge on any atom is -0.357 e. The Balaban J connectivity index is 1.83. The third-order valence-electron chi connectivity index (χ3n) is 5.40. The monoisotopic (exact) mass is 511 g/mol. The predicted molar refractivity (Wildman–Crippen MR) is 121 cm³/mol. The van der Waals surface area contributed by atoms with Crippen LogP contribution in [0.3, 0.4) is 0 Å². The second-order valence-electron chi connectivity index (χ2n) is 7.40. The molecule has 0 spiro atoms. The molecule has 6 nitrogen and oxygen atoms in total. The molecule has 30 heavy (non-hydrogen) atoms. The van der Waals surface area contributed by atoms with Crippen LogP contribution in [0.5, 0.6) is 0 Å². The number of nitrogens with zero attached hydrogens (tertiary/aromatic N) is 3. The number of rotatable bonds is 5. The maximum absolute atomic E-state index is 13.8. The Bertz CT molecular complexity index is 997. The van der Waals surface area contributed by atoms with Crippen LogP contribution in [-0.2, 0) is 20.7 Å². The summed E-state index contributed by atoms with van der Waals surface area (Å²) in [5.41, 5.74) is 0.609. The molecule has 158 valence electrons. The summed E-state index contributed by atoms with van der Waals surface area (Å²) < 4.78 is 12.2. The van der Waals surface area contributed by atoms with Gasteiger partial charge in [-0.1, -0.05) is 51.3 Å². The van der Waals surface area contributed by atoms with Crippen LogP contribution in [0.4, 0.5) is 5.69 Å². The number of benzene rings is 2. The van der Waals surface area contributed by atoms with Crippen LogP contribution < -0.4 is 4.90 Å². The molecule has 1 saturated heterocycles. The van der Waals surface area contributed by atoms with Gasteiger partial charge in [0.05, 0.1) is 5.69 Å². The lowest BCUT2D eigenvalue weighted by Gasteiger charge is -2.36. The Morgan fingerprint density at radius 2 is 1.73 bits per heavy atom. The average Bonchev–Trinajstić information content (AvgIpc) is 3.16. The van der Waals surface area contributed by atoms with E-state index in [2.05, 4.69) is 20.9 Å². The molecule has 0 bridgehead atoms. The van der Waals surface area contributed by atoms with Crippen molar-refractivity contribution in [1.82, 2.24) is 4.90 Å². The van der Waals surface area contributed by atoms with Crippen LogP contribution in [0.25, 0.3) is 0 Å². The van der Waals surface area contributed by atoms with Gasteiger partial charge in [0.25, 0.3) is 5.91 Å². The molecule has 0 saturated carbocycles. The van der Waals surface area contributed by atoms with Gasteiger partial charge in [0, 0.05) is 35.2 Å². The zero-order chi connectivity index (χ0) is 21.6. The molecule has 3 atom stereocenters. The van der Waals surface area contributed by atoms with Gasteiger partial charge in [0.2, 0.25) is 5.96 Å². The van der Waals surface area contributed by atoms with Gasteiger partial charge in [0.15, 0.2) is 12.5 Å². The average molecular weight is 513 g/mol. The first kappa shape index (κ1) is 21.6. The van der Waals surface area contributed by atoms with Crippen molar-refractivity contribution in [2.24, 2.45) is 4.99 Å². The van der Waals surface area contributed by atoms with E-state index in [4.69, 9.17) is 32.7 Å². The molecule has 0 aliphatic carbocycles. The van der Waals surface area contributed by atoms with E-state index >= 15 is 0 Å². The van der Waals surface area contributed by atoms with Crippen molar-refractivity contribution in [1.29, 1.82) is 0 Å². The number of methoxy groups -OCH3 is 2. The first-order valence-electron chi connectivity index (χ1n) is 9.26. The van der Waals surface area contributed by atoms with Gasteiger partial charge < -0.3 is 9.47 Å². The van der Waals surface area contributed by atoms with Crippen LogP contribution in [-0.4, -0.2) is 49.0 Å². The summed E-state index contributed by atoms with van der Waals surface area (Å²) in [6, 6.07) is 12.9. The lowest BCUT2D eigenvalue weighted by molar-refractivity contribution is -0.135. The lowest BCUT2D eigenvalue weighted by Crippen LogP contribution is -2.54. The maximum atomic E-state index is 13.8. The standard InChI is InChI=1S/C21H20BrCl2N3O3/c1-21(11-12-4-6-13(22)7-5-12)19(28)26(16-9-14(23)8-15(24)10-16)20-25-17(29-2)18(30-3)27(20)21/h4-10,17-18H,11H2,1-3H3. The predicted octanol–water partition coefficient (Wildman–Crippen LogP) is 4.72. The van der Waals surface area contributed by atoms with Crippen molar-refractivity contribution in [3.05, 3.63) is 62.5 Å². The number of anilines is 1. The van der Waals surface area contributed by atoms with E-state index in [1.54, 1.807) is 37.3 Å². The van der Waals surface area contributed by atoms with E-state index < -0.39 is 18.0 Å². The Morgan fingerprint density at radius 3 is 2.30 bits per heavy atom. The third-order valence-corrected chi connectivity index (χ3v) is 6.37. The summed E-state index contributed by atoms with van der Waals surface area (Å²) in [6.45, 7) is 1.89. The maximum Gasteiger partial charge on any atom is 0.260 e. The topological polar surface area (TPSA) is 54.4 Å². The minimum atomic E-state index is -0.949. The van der Waals surface area contributed by atoms with E-state index in [1.807, 2.05) is 36.1 Å². The minimum absolute atomic E-state index is 0.140. The number of aliphatic imine (C=N–C) groups is 1. The second kappa shape index (κ2) is 8.13. The van der Waals surface area contributed by atoms with Crippen molar-refractivity contribution in [3.8, 4) is 0 Å². The van der Waals surface area contributed by atoms with E-state index in [1.165, 1.54) is 0 Å². The summed E-state index contributed by atoms with van der Waals surface area (Å²) in [5, 5.41) is 0.868. The van der Waals surface area contributed by atoms with E-state index in [-0.39, 0.29) is 5.91 Å². The van der Waals surface area contributed by atoms with Crippen LogP contribution in [0, 0.1) is 0 Å². The SMILES string of the molecule is COC1N=C2N(c3cc(Cl)cc(Cl)c3)C(=O)C(C)(Cc3ccc(Br)cc3)N2C1OC.